The van der Waals surface area contributed by atoms with Crippen LogP contribution in [-0.4, -0.2) is 65.5 Å². The maximum atomic E-state index is 13.4. The van der Waals surface area contributed by atoms with Crippen molar-refractivity contribution >= 4 is 5.69 Å². The second-order valence-electron chi connectivity index (χ2n) is 9.10. The Labute approximate surface area is 193 Å². The molecule has 1 fully saturated rings. The number of piperazine rings is 1. The summed E-state index contributed by atoms with van der Waals surface area (Å²) < 4.78 is 26.6. The average molecular weight is 455 g/mol. The lowest BCUT2D eigenvalue weighted by Gasteiger charge is -2.40. The predicted octanol–water partition coefficient (Wildman–Crippen LogP) is 3.50. The van der Waals surface area contributed by atoms with Crippen molar-refractivity contribution in [1.82, 2.24) is 25.1 Å². The van der Waals surface area contributed by atoms with E-state index in [1.807, 2.05) is 35.0 Å². The van der Waals surface area contributed by atoms with Crippen molar-refractivity contribution in [3.05, 3.63) is 59.7 Å². The Bertz CT molecular complexity index is 1070. The minimum Gasteiger partial charge on any atom is -0.493 e. The van der Waals surface area contributed by atoms with Crippen LogP contribution in [0.4, 0.5) is 10.1 Å². The van der Waals surface area contributed by atoms with E-state index >= 15 is 0 Å². The van der Waals surface area contributed by atoms with Gasteiger partial charge in [-0.2, -0.15) is 0 Å². The number of methoxy groups -OCH3 is 2. The molecule has 8 nitrogen and oxygen atoms in total. The molecule has 0 bridgehead atoms. The van der Waals surface area contributed by atoms with Gasteiger partial charge in [0.05, 0.1) is 19.8 Å². The average Bonchev–Trinajstić information content (AvgIpc) is 3.30. The molecule has 1 saturated heterocycles. The smallest absolute Gasteiger partial charge is 0.173 e. The Balaban J connectivity index is 1.71. The van der Waals surface area contributed by atoms with Crippen LogP contribution in [0.5, 0.6) is 11.5 Å². The van der Waals surface area contributed by atoms with Crippen molar-refractivity contribution in [2.45, 2.75) is 32.4 Å². The summed E-state index contributed by atoms with van der Waals surface area (Å²) in [7, 11) is 3.29. The van der Waals surface area contributed by atoms with E-state index in [1.54, 1.807) is 14.2 Å². The second kappa shape index (κ2) is 9.35. The minimum absolute atomic E-state index is 0.223. The quantitative estimate of drug-likeness (QED) is 0.565. The van der Waals surface area contributed by atoms with Crippen LogP contribution in [0.3, 0.4) is 0 Å². The summed E-state index contributed by atoms with van der Waals surface area (Å²) in [5.74, 6) is 1.87. The maximum absolute atomic E-state index is 13.4. The number of anilines is 1. The number of hydrogen-bond acceptors (Lipinski definition) is 7. The molecule has 0 N–H and O–H groups in total. The van der Waals surface area contributed by atoms with Crippen LogP contribution in [0.25, 0.3) is 0 Å². The molecule has 0 spiro atoms. The van der Waals surface area contributed by atoms with E-state index in [0.29, 0.717) is 11.5 Å². The molecule has 33 heavy (non-hydrogen) atoms. The molecule has 0 unspecified atom stereocenters. The number of benzene rings is 2. The zero-order chi connectivity index (χ0) is 23.6. The molecule has 4 rings (SSSR count). The minimum atomic E-state index is -0.293. The molecule has 1 aliphatic rings. The summed E-state index contributed by atoms with van der Waals surface area (Å²) in [5, 5.41) is 12.8. The molecule has 9 heteroatoms. The van der Waals surface area contributed by atoms with Crippen molar-refractivity contribution in [1.29, 1.82) is 0 Å². The highest BCUT2D eigenvalue weighted by Crippen LogP contribution is 2.40. The number of halogens is 1. The predicted molar refractivity (Wildman–Crippen MR) is 124 cm³/mol. The van der Waals surface area contributed by atoms with Gasteiger partial charge in [-0.05, 0) is 61.5 Å². The number of para-hydroxylation sites is 1. The van der Waals surface area contributed by atoms with Crippen molar-refractivity contribution in [3.63, 3.8) is 0 Å². The largest absolute Gasteiger partial charge is 0.493 e. The third-order valence-electron chi connectivity index (χ3n) is 5.97. The number of hydrogen-bond donors (Lipinski definition) is 0. The number of nitrogens with zero attached hydrogens (tertiary/aromatic N) is 6. The van der Waals surface area contributed by atoms with Crippen LogP contribution in [0.2, 0.25) is 0 Å². The summed E-state index contributed by atoms with van der Waals surface area (Å²) in [4.78, 5) is 4.63. The van der Waals surface area contributed by atoms with Gasteiger partial charge in [-0.25, -0.2) is 9.07 Å². The molecule has 0 aliphatic carbocycles. The van der Waals surface area contributed by atoms with Crippen LogP contribution in [0.1, 0.15) is 38.2 Å². The third kappa shape index (κ3) is 4.64. The summed E-state index contributed by atoms with van der Waals surface area (Å²) in [6.07, 6.45) is 0. The molecule has 176 valence electrons. The molecule has 0 saturated carbocycles. The number of rotatable bonds is 6. The van der Waals surface area contributed by atoms with Gasteiger partial charge in [-0.3, -0.25) is 4.90 Å². The number of ether oxygens (including phenoxy) is 2. The molecule has 0 amide bonds. The molecular weight excluding hydrogens is 423 g/mol. The molecule has 1 aromatic heterocycles. The lowest BCUT2D eigenvalue weighted by Crippen LogP contribution is -2.48. The van der Waals surface area contributed by atoms with E-state index in [9.17, 15) is 4.39 Å². The van der Waals surface area contributed by atoms with Crippen molar-refractivity contribution in [2.24, 2.45) is 0 Å². The van der Waals surface area contributed by atoms with Crippen molar-refractivity contribution in [3.8, 4) is 11.5 Å². The lowest BCUT2D eigenvalue weighted by atomic mass is 10.00. The fourth-order valence-corrected chi connectivity index (χ4v) is 4.36. The Morgan fingerprint density at radius 3 is 2.24 bits per heavy atom. The van der Waals surface area contributed by atoms with E-state index in [1.165, 1.54) is 12.1 Å². The van der Waals surface area contributed by atoms with Gasteiger partial charge in [0, 0.05) is 37.4 Å². The molecule has 1 atom stereocenters. The first-order valence-electron chi connectivity index (χ1n) is 11.1. The van der Waals surface area contributed by atoms with Gasteiger partial charge in [0.25, 0.3) is 0 Å². The Morgan fingerprint density at radius 1 is 0.939 bits per heavy atom. The van der Waals surface area contributed by atoms with Crippen LogP contribution in [-0.2, 0) is 5.54 Å². The van der Waals surface area contributed by atoms with Gasteiger partial charge >= 0.3 is 0 Å². The summed E-state index contributed by atoms with van der Waals surface area (Å²) in [6, 6.07) is 12.3. The summed E-state index contributed by atoms with van der Waals surface area (Å²) >= 11 is 0. The molecular formula is C24H31FN6O2. The van der Waals surface area contributed by atoms with Gasteiger partial charge in [-0.15, -0.1) is 5.10 Å². The van der Waals surface area contributed by atoms with E-state index < -0.39 is 0 Å². The van der Waals surface area contributed by atoms with Gasteiger partial charge < -0.3 is 14.4 Å². The van der Waals surface area contributed by atoms with Gasteiger partial charge in [-0.1, -0.05) is 12.1 Å². The zero-order valence-electron chi connectivity index (χ0n) is 19.8. The first kappa shape index (κ1) is 23.0. The van der Waals surface area contributed by atoms with Crippen molar-refractivity contribution in [2.75, 3.05) is 45.3 Å². The fourth-order valence-electron chi connectivity index (χ4n) is 4.36. The van der Waals surface area contributed by atoms with Crippen LogP contribution >= 0.6 is 0 Å². The molecule has 3 aromatic rings. The fraction of sp³-hybridized carbons (Fsp3) is 0.458. The Kier molecular flexibility index (Phi) is 6.51. The monoisotopic (exact) mass is 454 g/mol. The number of aromatic nitrogens is 4. The SMILES string of the molecule is COc1cccc([C@@H](c2nnnn2C(C)(C)C)N2CCN(c3ccc(F)cc3)CC2)c1OC. The van der Waals surface area contributed by atoms with Gasteiger partial charge in [0.2, 0.25) is 0 Å². The standard InChI is InChI=1S/C24H31FN6O2/c1-24(2,3)31-23(26-27-28-31)21(19-7-6-8-20(32-4)22(19)33-5)30-15-13-29(14-16-30)18-11-9-17(25)10-12-18/h6-12,21H,13-16H2,1-5H3/t21-/m0/s1. The topological polar surface area (TPSA) is 68.5 Å². The second-order valence-corrected chi connectivity index (χ2v) is 9.10. The molecule has 1 aliphatic heterocycles. The molecule has 2 aromatic carbocycles. The van der Waals surface area contributed by atoms with E-state index in [4.69, 9.17) is 9.47 Å². The highest BCUT2D eigenvalue weighted by Gasteiger charge is 2.35. The van der Waals surface area contributed by atoms with Gasteiger partial charge in [0.15, 0.2) is 17.3 Å². The van der Waals surface area contributed by atoms with Gasteiger partial charge in [0.1, 0.15) is 11.9 Å². The summed E-state index contributed by atoms with van der Waals surface area (Å²) in [6.45, 7) is 9.40. The molecule has 0 radical (unpaired) electrons. The Morgan fingerprint density at radius 2 is 1.64 bits per heavy atom. The maximum Gasteiger partial charge on any atom is 0.173 e. The Hall–Kier alpha value is -3.20. The molecule has 2 heterocycles. The highest BCUT2D eigenvalue weighted by atomic mass is 19.1. The zero-order valence-corrected chi connectivity index (χ0v) is 19.8. The highest BCUT2D eigenvalue weighted by molar-refractivity contribution is 5.50. The third-order valence-corrected chi connectivity index (χ3v) is 5.97. The van der Waals surface area contributed by atoms with E-state index in [0.717, 1.165) is 43.3 Å². The van der Waals surface area contributed by atoms with E-state index in [-0.39, 0.29) is 17.4 Å². The van der Waals surface area contributed by atoms with Crippen molar-refractivity contribution < 1.29 is 13.9 Å². The van der Waals surface area contributed by atoms with Crippen LogP contribution < -0.4 is 14.4 Å². The first-order chi connectivity index (χ1) is 15.8. The first-order valence-corrected chi connectivity index (χ1v) is 11.1. The number of tetrazole rings is 1. The normalized spacial score (nSPS) is 16.0. The van der Waals surface area contributed by atoms with Crippen LogP contribution in [0.15, 0.2) is 42.5 Å². The van der Waals surface area contributed by atoms with E-state index in [2.05, 4.69) is 46.1 Å². The summed E-state index contributed by atoms with van der Waals surface area (Å²) in [5.41, 5.74) is 1.68. The van der Waals surface area contributed by atoms with Crippen LogP contribution in [0, 0.1) is 5.82 Å². The lowest BCUT2D eigenvalue weighted by molar-refractivity contribution is 0.188.